The predicted molar refractivity (Wildman–Crippen MR) is 84.8 cm³/mol. The van der Waals surface area contributed by atoms with E-state index in [9.17, 15) is 4.79 Å². The molecular formula is C17H16N2O2S. The van der Waals surface area contributed by atoms with Crippen molar-refractivity contribution in [2.24, 2.45) is 0 Å². The molecule has 1 aromatic heterocycles. The van der Waals surface area contributed by atoms with Crippen LogP contribution in [0.25, 0.3) is 0 Å². The minimum Gasteiger partial charge on any atom is -0.484 e. The standard InChI is InChI=1S/C17H16N2O2S/c1-12-15-7-9-22-16(15)6-8-19(12)17(20)11-21-14-4-2-13(10-18)3-5-14/h2-5,7,9,12H,6,8,11H2,1H3/t12-/m0/s1. The van der Waals surface area contributed by atoms with Gasteiger partial charge in [0.05, 0.1) is 17.7 Å². The van der Waals surface area contributed by atoms with Crippen molar-refractivity contribution in [3.8, 4) is 11.8 Å². The number of nitriles is 1. The van der Waals surface area contributed by atoms with Gasteiger partial charge in [-0.25, -0.2) is 0 Å². The molecule has 0 fully saturated rings. The molecule has 2 heterocycles. The van der Waals surface area contributed by atoms with E-state index in [1.165, 1.54) is 10.4 Å². The molecule has 1 aliphatic heterocycles. The van der Waals surface area contributed by atoms with E-state index >= 15 is 0 Å². The number of hydrogen-bond donors (Lipinski definition) is 0. The summed E-state index contributed by atoms with van der Waals surface area (Å²) in [5.74, 6) is 0.599. The molecule has 3 rings (SSSR count). The van der Waals surface area contributed by atoms with Gasteiger partial charge in [0.25, 0.3) is 5.91 Å². The highest BCUT2D eigenvalue weighted by Crippen LogP contribution is 2.32. The third kappa shape index (κ3) is 2.83. The van der Waals surface area contributed by atoms with Crippen LogP contribution in [0.15, 0.2) is 35.7 Å². The van der Waals surface area contributed by atoms with Crippen LogP contribution in [0.1, 0.15) is 29.0 Å². The second-order valence-corrected chi connectivity index (χ2v) is 6.24. The molecule has 0 N–H and O–H groups in total. The SMILES string of the molecule is C[C@H]1c2ccsc2CCN1C(=O)COc1ccc(C#N)cc1. The second kappa shape index (κ2) is 6.20. The Labute approximate surface area is 133 Å². The summed E-state index contributed by atoms with van der Waals surface area (Å²) in [5.41, 5.74) is 1.83. The summed E-state index contributed by atoms with van der Waals surface area (Å²) in [5, 5.41) is 10.8. The summed E-state index contributed by atoms with van der Waals surface area (Å²) < 4.78 is 5.54. The number of ether oxygens (including phenoxy) is 1. The van der Waals surface area contributed by atoms with E-state index in [2.05, 4.69) is 24.4 Å². The van der Waals surface area contributed by atoms with Crippen molar-refractivity contribution in [2.75, 3.05) is 13.2 Å². The van der Waals surface area contributed by atoms with Crippen LogP contribution in [-0.2, 0) is 11.2 Å². The zero-order valence-electron chi connectivity index (χ0n) is 12.3. The molecule has 0 spiro atoms. The van der Waals surface area contributed by atoms with Gasteiger partial charge in [-0.15, -0.1) is 11.3 Å². The highest BCUT2D eigenvalue weighted by Gasteiger charge is 2.28. The number of benzene rings is 1. The first kappa shape index (κ1) is 14.6. The first-order valence-electron chi connectivity index (χ1n) is 7.17. The van der Waals surface area contributed by atoms with Gasteiger partial charge >= 0.3 is 0 Å². The van der Waals surface area contributed by atoms with E-state index in [0.717, 1.165) is 13.0 Å². The molecule has 0 saturated carbocycles. The summed E-state index contributed by atoms with van der Waals surface area (Å²) in [4.78, 5) is 15.6. The molecular weight excluding hydrogens is 296 g/mol. The molecule has 0 aliphatic carbocycles. The maximum absolute atomic E-state index is 12.4. The van der Waals surface area contributed by atoms with Crippen LogP contribution in [0, 0.1) is 11.3 Å². The van der Waals surface area contributed by atoms with Crippen LogP contribution in [-0.4, -0.2) is 24.0 Å². The molecule has 0 unspecified atom stereocenters. The lowest BCUT2D eigenvalue weighted by atomic mass is 10.0. The topological polar surface area (TPSA) is 53.3 Å². The van der Waals surface area contributed by atoms with E-state index in [0.29, 0.717) is 11.3 Å². The van der Waals surface area contributed by atoms with Gasteiger partial charge < -0.3 is 9.64 Å². The van der Waals surface area contributed by atoms with Gasteiger partial charge in [0, 0.05) is 11.4 Å². The lowest BCUT2D eigenvalue weighted by molar-refractivity contribution is -0.135. The number of fused-ring (bicyclic) bond motifs is 1. The van der Waals surface area contributed by atoms with E-state index in [4.69, 9.17) is 10.00 Å². The predicted octanol–water partition coefficient (Wildman–Crippen LogP) is 3.14. The average molecular weight is 312 g/mol. The Hall–Kier alpha value is -2.32. The Balaban J connectivity index is 1.61. The Morgan fingerprint density at radius 3 is 2.91 bits per heavy atom. The number of amides is 1. The second-order valence-electron chi connectivity index (χ2n) is 5.24. The lowest BCUT2D eigenvalue weighted by Crippen LogP contribution is -2.40. The first-order chi connectivity index (χ1) is 10.7. The van der Waals surface area contributed by atoms with Crippen LogP contribution in [0.5, 0.6) is 5.75 Å². The van der Waals surface area contributed by atoms with Crippen LogP contribution in [0.3, 0.4) is 0 Å². The number of thiophene rings is 1. The van der Waals surface area contributed by atoms with Gasteiger partial charge in [-0.2, -0.15) is 5.26 Å². The molecule has 5 heteroatoms. The number of carbonyl (C=O) groups is 1. The molecule has 0 radical (unpaired) electrons. The van der Waals surface area contributed by atoms with Crippen molar-refractivity contribution >= 4 is 17.2 Å². The van der Waals surface area contributed by atoms with E-state index in [1.54, 1.807) is 35.6 Å². The molecule has 112 valence electrons. The van der Waals surface area contributed by atoms with Crippen molar-refractivity contribution < 1.29 is 9.53 Å². The molecule has 22 heavy (non-hydrogen) atoms. The highest BCUT2D eigenvalue weighted by molar-refractivity contribution is 7.10. The van der Waals surface area contributed by atoms with Gasteiger partial charge in [-0.05, 0) is 54.6 Å². The zero-order valence-corrected chi connectivity index (χ0v) is 13.1. The third-order valence-corrected chi connectivity index (χ3v) is 4.94. The lowest BCUT2D eigenvalue weighted by Gasteiger charge is -2.33. The fourth-order valence-corrected chi connectivity index (χ4v) is 3.67. The van der Waals surface area contributed by atoms with Crippen LogP contribution in [0.4, 0.5) is 0 Å². The van der Waals surface area contributed by atoms with Crippen molar-refractivity contribution in [3.05, 3.63) is 51.7 Å². The van der Waals surface area contributed by atoms with E-state index < -0.39 is 0 Å². The minimum absolute atomic E-state index is 0.00582. The van der Waals surface area contributed by atoms with Gasteiger partial charge in [0.1, 0.15) is 5.75 Å². The number of nitrogens with zero attached hydrogens (tertiary/aromatic N) is 2. The molecule has 4 nitrogen and oxygen atoms in total. The quantitative estimate of drug-likeness (QED) is 0.875. The van der Waals surface area contributed by atoms with Crippen LogP contribution >= 0.6 is 11.3 Å². The van der Waals surface area contributed by atoms with Gasteiger partial charge in [0.2, 0.25) is 0 Å². The summed E-state index contributed by atoms with van der Waals surface area (Å²) in [6.45, 7) is 2.82. The Kier molecular flexibility index (Phi) is 4.12. The van der Waals surface area contributed by atoms with Crippen LogP contribution in [0.2, 0.25) is 0 Å². The Morgan fingerprint density at radius 2 is 2.18 bits per heavy atom. The maximum Gasteiger partial charge on any atom is 0.261 e. The Bertz CT molecular complexity index is 715. The highest BCUT2D eigenvalue weighted by atomic mass is 32.1. The first-order valence-corrected chi connectivity index (χ1v) is 8.05. The smallest absolute Gasteiger partial charge is 0.261 e. The number of hydrogen-bond acceptors (Lipinski definition) is 4. The van der Waals surface area contributed by atoms with Crippen molar-refractivity contribution in [2.45, 2.75) is 19.4 Å². The fraction of sp³-hybridized carbons (Fsp3) is 0.294. The van der Waals surface area contributed by atoms with E-state index in [-0.39, 0.29) is 18.6 Å². The molecule has 1 aromatic carbocycles. The number of carbonyl (C=O) groups excluding carboxylic acids is 1. The molecule has 1 aliphatic rings. The van der Waals surface area contributed by atoms with Crippen molar-refractivity contribution in [3.63, 3.8) is 0 Å². The average Bonchev–Trinajstić information content (AvgIpc) is 3.03. The summed E-state index contributed by atoms with van der Waals surface area (Å²) in [6, 6.07) is 11.0. The number of rotatable bonds is 3. The minimum atomic E-state index is -0.00582. The fourth-order valence-electron chi connectivity index (χ4n) is 2.70. The summed E-state index contributed by atoms with van der Waals surface area (Å²) in [7, 11) is 0. The summed E-state index contributed by atoms with van der Waals surface area (Å²) >= 11 is 1.76. The maximum atomic E-state index is 12.4. The van der Waals surface area contributed by atoms with Gasteiger partial charge in [0.15, 0.2) is 6.61 Å². The summed E-state index contributed by atoms with van der Waals surface area (Å²) in [6.07, 6.45) is 0.917. The largest absolute Gasteiger partial charge is 0.484 e. The third-order valence-electron chi connectivity index (χ3n) is 3.94. The Morgan fingerprint density at radius 1 is 1.41 bits per heavy atom. The molecule has 0 bridgehead atoms. The normalized spacial score (nSPS) is 16.7. The molecule has 2 aromatic rings. The van der Waals surface area contributed by atoms with E-state index in [1.807, 2.05) is 4.90 Å². The zero-order chi connectivity index (χ0) is 15.5. The molecule has 1 atom stereocenters. The monoisotopic (exact) mass is 312 g/mol. The van der Waals surface area contributed by atoms with Crippen LogP contribution < -0.4 is 4.74 Å². The van der Waals surface area contributed by atoms with Gasteiger partial charge in [-0.3, -0.25) is 4.79 Å². The van der Waals surface area contributed by atoms with Gasteiger partial charge in [-0.1, -0.05) is 0 Å². The molecule has 1 amide bonds. The molecule has 0 saturated heterocycles. The van der Waals surface area contributed by atoms with Crippen molar-refractivity contribution in [1.82, 2.24) is 4.90 Å². The van der Waals surface area contributed by atoms with Crippen molar-refractivity contribution in [1.29, 1.82) is 5.26 Å².